The third-order valence-corrected chi connectivity index (χ3v) is 8.90. The van der Waals surface area contributed by atoms with Crippen molar-refractivity contribution in [2.75, 3.05) is 0 Å². The zero-order chi connectivity index (χ0) is 40.3. The maximum absolute atomic E-state index is 10.7. The van der Waals surface area contributed by atoms with Gasteiger partial charge in [-0.2, -0.15) is 18.9 Å². The van der Waals surface area contributed by atoms with Crippen LogP contribution in [0.25, 0.3) is 11.1 Å². The van der Waals surface area contributed by atoms with Crippen LogP contribution in [0.15, 0.2) is 71.4 Å². The van der Waals surface area contributed by atoms with Crippen LogP contribution in [0.4, 0.5) is 30.2 Å². The van der Waals surface area contributed by atoms with Crippen molar-refractivity contribution in [2.45, 2.75) is 138 Å². The van der Waals surface area contributed by atoms with Crippen molar-refractivity contribution >= 4 is 32.9 Å². The van der Waals surface area contributed by atoms with Gasteiger partial charge in [-0.3, -0.25) is 4.99 Å². The Labute approximate surface area is 328 Å². The van der Waals surface area contributed by atoms with Gasteiger partial charge in [0.1, 0.15) is 0 Å². The monoisotopic (exact) mass is 798 g/mol. The molecule has 0 aliphatic heterocycles. The molecule has 1 N–H and O–H groups in total. The molecule has 3 aromatic rings. The molecule has 3 aromatic carbocycles. The van der Waals surface area contributed by atoms with Gasteiger partial charge in [0.2, 0.25) is 0 Å². The number of rotatable bonds is 10. The second-order valence-corrected chi connectivity index (χ2v) is 16.2. The van der Waals surface area contributed by atoms with Gasteiger partial charge in [-0.05, 0) is 53.6 Å². The van der Waals surface area contributed by atoms with Crippen LogP contribution < -0.4 is 0 Å². The maximum atomic E-state index is 10.7. The number of hydrogen-bond acceptors (Lipinski definition) is 4. The molecule has 1 radical (unpaired) electrons. The summed E-state index contributed by atoms with van der Waals surface area (Å²) in [6.45, 7) is 30.6. The Morgan fingerprint density at radius 2 is 0.943 bits per heavy atom. The van der Waals surface area contributed by atoms with E-state index < -0.39 is 15.6 Å². The van der Waals surface area contributed by atoms with E-state index in [9.17, 15) is 13.2 Å². The maximum Gasteiger partial charge on any atom is 3.00 e. The first-order valence-electron chi connectivity index (χ1n) is 17.9. The van der Waals surface area contributed by atoms with E-state index in [0.29, 0.717) is 35.5 Å². The van der Waals surface area contributed by atoms with E-state index in [0.717, 1.165) is 39.6 Å². The average molecular weight is 799 g/mol. The minimum atomic E-state index is -6.09. The molecule has 3 rings (SSSR count). The largest absolute Gasteiger partial charge is 3.00 e. The van der Waals surface area contributed by atoms with Crippen molar-refractivity contribution < 1.29 is 43.2 Å². The van der Waals surface area contributed by atoms with E-state index in [-0.39, 0.29) is 17.1 Å². The Kier molecular flexibility index (Phi) is 20.4. The van der Waals surface area contributed by atoms with Crippen LogP contribution in [-0.2, 0) is 27.2 Å². The number of alkyl halides is 3. The summed E-state index contributed by atoms with van der Waals surface area (Å²) in [5.41, 5.74) is 14.9. The fraction of sp³-hybridized carbons (Fsp3) is 0.500. The fourth-order valence-electron chi connectivity index (χ4n) is 5.55. The third-order valence-electron chi connectivity index (χ3n) is 8.34. The number of allylic oxidation sites excluding steroid dienone is 2. The summed E-state index contributed by atoms with van der Waals surface area (Å²) < 4.78 is 58.9. The minimum Gasteiger partial charge on any atom is -0.741 e. The van der Waals surface area contributed by atoms with Gasteiger partial charge >= 0.3 is 22.6 Å². The molecule has 0 unspecified atom stereocenters. The first kappa shape index (κ1) is 49.9. The van der Waals surface area contributed by atoms with Gasteiger partial charge in [-0.25, -0.2) is 8.42 Å². The zero-order valence-corrected chi connectivity index (χ0v) is 35.7. The summed E-state index contributed by atoms with van der Waals surface area (Å²) in [5.74, 6) is 2.65. The Hall–Kier alpha value is -3.11. The number of hydrogen-bond donors (Lipinski definition) is 0. The summed E-state index contributed by atoms with van der Waals surface area (Å²) in [4.78, 5) is 5.08. The van der Waals surface area contributed by atoms with Gasteiger partial charge in [-0.1, -0.05) is 173 Å². The summed E-state index contributed by atoms with van der Waals surface area (Å²) in [6, 6.07) is 19.3. The Morgan fingerprint density at radius 3 is 1.23 bits per heavy atom. The van der Waals surface area contributed by atoms with Gasteiger partial charge in [0.25, 0.3) is 0 Å². The molecule has 0 fully saturated rings. The standard InChI is InChI=1S/C29H41N2.C12H18N.CHF3O3S.Fe/c1-18(2)24-13-11-14-25(19(3)4)28(24)30-22(9)17-23(10)31-29-26(20(5)6)15-12-16-27(29)21(7)8;1-8(2)10-6-5-7-11(9(3)4)12(10)13;2-1(3,4)8(5,6)7;/h11-21H,1-10H3;5-9,13H,1-4H3;(H,5,6,7);/q2*-1;;+3/p-1/b22-17-,31-23?;;;. The van der Waals surface area contributed by atoms with E-state index in [4.69, 9.17) is 29.0 Å². The average Bonchev–Trinajstić information content (AvgIpc) is 3.00. The van der Waals surface area contributed by atoms with Gasteiger partial charge in [-0.15, -0.1) is 11.4 Å². The van der Waals surface area contributed by atoms with Crippen LogP contribution in [0.5, 0.6) is 0 Å². The smallest absolute Gasteiger partial charge is 0.741 e. The van der Waals surface area contributed by atoms with Crippen molar-refractivity contribution in [1.82, 2.24) is 0 Å². The van der Waals surface area contributed by atoms with E-state index in [1.165, 1.54) is 22.3 Å². The molecule has 0 spiro atoms. The van der Waals surface area contributed by atoms with Crippen molar-refractivity contribution in [2.24, 2.45) is 4.99 Å². The van der Waals surface area contributed by atoms with E-state index >= 15 is 0 Å². The molecule has 295 valence electrons. The number of halogens is 3. The number of aliphatic imine (C=N–C) groups is 1. The molecule has 0 amide bonds. The number of nitrogens with one attached hydrogen (secondary N) is 1. The summed E-state index contributed by atoms with van der Waals surface area (Å²) in [6.07, 6.45) is 2.11. The quantitative estimate of drug-likeness (QED) is 0.0882. The molecule has 0 saturated heterocycles. The third kappa shape index (κ3) is 15.3. The normalized spacial score (nSPS) is 12.5. The van der Waals surface area contributed by atoms with Crippen molar-refractivity contribution in [1.29, 1.82) is 0 Å². The zero-order valence-electron chi connectivity index (χ0n) is 33.8. The molecule has 6 nitrogen and oxygen atoms in total. The van der Waals surface area contributed by atoms with Gasteiger partial charge in [0, 0.05) is 5.71 Å². The number of para-hydroxylation sites is 2. The summed E-state index contributed by atoms with van der Waals surface area (Å²) in [5, 5.41) is 5.08. The predicted molar refractivity (Wildman–Crippen MR) is 213 cm³/mol. The van der Waals surface area contributed by atoms with E-state index in [2.05, 4.69) is 158 Å². The van der Waals surface area contributed by atoms with Crippen LogP contribution in [0.3, 0.4) is 0 Å². The molecule has 0 aliphatic rings. The molecule has 53 heavy (non-hydrogen) atoms. The van der Waals surface area contributed by atoms with Crippen molar-refractivity contribution in [3.8, 4) is 0 Å². The minimum absolute atomic E-state index is 0. The predicted octanol–water partition coefficient (Wildman–Crippen LogP) is 14.5. The van der Waals surface area contributed by atoms with Crippen LogP contribution in [0.2, 0.25) is 0 Å². The Balaban J connectivity index is 0.00000101. The Bertz CT molecular complexity index is 1700. The van der Waals surface area contributed by atoms with E-state index in [1.807, 2.05) is 0 Å². The van der Waals surface area contributed by atoms with Gasteiger partial charge in [0.05, 0.1) is 5.69 Å². The molecule has 0 aromatic heterocycles. The second kappa shape index (κ2) is 21.7. The molecule has 0 saturated carbocycles. The van der Waals surface area contributed by atoms with Crippen LogP contribution in [0, 0.1) is 0 Å². The molecule has 0 heterocycles. The number of nitrogens with zero attached hydrogens (tertiary/aromatic N) is 2. The van der Waals surface area contributed by atoms with Gasteiger partial charge in [0.15, 0.2) is 10.1 Å². The number of benzene rings is 3. The topological polar surface area (TPSA) is 107 Å². The first-order valence-corrected chi connectivity index (χ1v) is 19.3. The van der Waals surface area contributed by atoms with E-state index in [1.54, 1.807) is 0 Å². The first-order chi connectivity index (χ1) is 23.8. The molecular weight excluding hydrogens is 739 g/mol. The summed E-state index contributed by atoms with van der Waals surface area (Å²) >= 11 is 0. The molecular formula is C42H59F3FeN3O3S. The SMILES string of the molecule is CC(/C=C(/C)[N-]c1c(C(C)C)cccc1C(C)C)=Nc1c(C(C)C)cccc1C(C)C.CC(C)c1cccc(C(C)C)c1[NH-].O=S(=O)([O-])C(F)(F)F.[Fe+3]. The second-order valence-electron chi connectivity index (χ2n) is 14.9. The summed E-state index contributed by atoms with van der Waals surface area (Å²) in [7, 11) is -6.09. The Morgan fingerprint density at radius 1 is 0.660 bits per heavy atom. The molecule has 11 heteroatoms. The molecule has 0 atom stereocenters. The van der Waals surface area contributed by atoms with Crippen molar-refractivity contribution in [3.63, 3.8) is 0 Å². The fourth-order valence-corrected chi connectivity index (χ4v) is 5.55. The van der Waals surface area contributed by atoms with Crippen molar-refractivity contribution in [3.05, 3.63) is 111 Å². The molecule has 0 aliphatic carbocycles. The van der Waals surface area contributed by atoms with Gasteiger partial charge < -0.3 is 15.6 Å². The molecule has 0 bridgehead atoms. The van der Waals surface area contributed by atoms with Crippen LogP contribution >= 0.6 is 0 Å². The van der Waals surface area contributed by atoms with Crippen LogP contribution in [-0.4, -0.2) is 24.2 Å². The van der Waals surface area contributed by atoms with Crippen LogP contribution in [0.1, 0.15) is 166 Å².